The molecule has 0 aliphatic carbocycles. The third-order valence-corrected chi connectivity index (χ3v) is 5.20. The van der Waals surface area contributed by atoms with Crippen molar-refractivity contribution in [3.05, 3.63) is 5.82 Å². The highest BCUT2D eigenvalue weighted by Crippen LogP contribution is 2.26. The number of carbonyl (C=O) groups is 1. The van der Waals surface area contributed by atoms with Crippen molar-refractivity contribution in [2.75, 3.05) is 26.2 Å². The number of hydrogen-bond donors (Lipinski definition) is 1. The Morgan fingerprint density at radius 2 is 2.00 bits per heavy atom. The van der Waals surface area contributed by atoms with Crippen molar-refractivity contribution in [3.63, 3.8) is 0 Å². The van der Waals surface area contributed by atoms with Gasteiger partial charge in [-0.15, -0.1) is 10.2 Å². The molecule has 0 saturated carbocycles. The molecule has 0 radical (unpaired) electrons. The van der Waals surface area contributed by atoms with E-state index in [9.17, 15) is 4.79 Å². The van der Waals surface area contributed by atoms with Gasteiger partial charge in [0.15, 0.2) is 5.16 Å². The molecule has 1 atom stereocenters. The normalized spacial score (nSPS) is 20.7. The van der Waals surface area contributed by atoms with Crippen LogP contribution >= 0.6 is 11.8 Å². The number of amides is 1. The molecule has 1 N–H and O–H groups in total. The minimum absolute atomic E-state index is 0.0975. The summed E-state index contributed by atoms with van der Waals surface area (Å²) in [6.07, 6.45) is 4.63. The molecular formula is C14H23N5OS. The van der Waals surface area contributed by atoms with Crippen molar-refractivity contribution in [2.24, 2.45) is 0 Å². The van der Waals surface area contributed by atoms with Crippen LogP contribution in [0.2, 0.25) is 0 Å². The Labute approximate surface area is 129 Å². The number of nitrogens with one attached hydrogen (secondary N) is 1. The number of carbonyl (C=O) groups excluding carboxylic acids is 1. The van der Waals surface area contributed by atoms with E-state index in [4.69, 9.17) is 0 Å². The summed E-state index contributed by atoms with van der Waals surface area (Å²) in [6.45, 7) is 6.36. The second-order valence-electron chi connectivity index (χ2n) is 5.70. The maximum absolute atomic E-state index is 12.5. The van der Waals surface area contributed by atoms with Crippen LogP contribution in [0.15, 0.2) is 5.16 Å². The smallest absolute Gasteiger partial charge is 0.235 e. The molecule has 0 bridgehead atoms. The maximum Gasteiger partial charge on any atom is 0.235 e. The summed E-state index contributed by atoms with van der Waals surface area (Å²) in [6, 6.07) is 0. The first-order chi connectivity index (χ1) is 10.3. The molecule has 3 rings (SSSR count). The van der Waals surface area contributed by atoms with Crippen LogP contribution in [0.4, 0.5) is 0 Å². The highest BCUT2D eigenvalue weighted by molar-refractivity contribution is 8.00. The van der Waals surface area contributed by atoms with Gasteiger partial charge in [0.1, 0.15) is 5.82 Å². The Bertz CT molecular complexity index is 498. The Hall–Kier alpha value is -1.08. The fourth-order valence-corrected chi connectivity index (χ4v) is 3.87. The molecule has 7 heteroatoms. The van der Waals surface area contributed by atoms with Crippen molar-refractivity contribution in [1.82, 2.24) is 25.0 Å². The van der Waals surface area contributed by atoms with Gasteiger partial charge in [-0.3, -0.25) is 4.79 Å². The molecule has 6 nitrogen and oxygen atoms in total. The van der Waals surface area contributed by atoms with Crippen LogP contribution in [-0.2, 0) is 17.8 Å². The van der Waals surface area contributed by atoms with Gasteiger partial charge in [0.05, 0.1) is 5.25 Å². The van der Waals surface area contributed by atoms with E-state index in [1.807, 2.05) is 11.8 Å². The molecule has 21 heavy (non-hydrogen) atoms. The highest BCUT2D eigenvalue weighted by Gasteiger charge is 2.25. The fourth-order valence-electron chi connectivity index (χ4n) is 2.90. The fraction of sp³-hybridized carbons (Fsp3) is 0.786. The Kier molecular flexibility index (Phi) is 4.80. The number of aryl methyl sites for hydroxylation is 1. The predicted molar refractivity (Wildman–Crippen MR) is 82.3 cm³/mol. The third-order valence-electron chi connectivity index (χ3n) is 4.13. The van der Waals surface area contributed by atoms with Crippen LogP contribution in [0.25, 0.3) is 0 Å². The van der Waals surface area contributed by atoms with Crippen LogP contribution in [-0.4, -0.2) is 57.0 Å². The molecule has 1 aromatic heterocycles. The molecule has 1 aromatic rings. The van der Waals surface area contributed by atoms with E-state index in [1.165, 1.54) is 19.3 Å². The zero-order valence-electron chi connectivity index (χ0n) is 12.5. The average Bonchev–Trinajstić information content (AvgIpc) is 2.75. The van der Waals surface area contributed by atoms with Crippen LogP contribution in [0.5, 0.6) is 0 Å². The van der Waals surface area contributed by atoms with Crippen LogP contribution < -0.4 is 5.32 Å². The third kappa shape index (κ3) is 3.40. The molecule has 0 spiro atoms. The lowest BCUT2D eigenvalue weighted by molar-refractivity contribution is -0.130. The Balaban J connectivity index is 1.65. The SMILES string of the molecule is CC(Sc1nnc2n1CCCCC2)C(=O)N1CCNCC1. The van der Waals surface area contributed by atoms with Crippen molar-refractivity contribution >= 4 is 17.7 Å². The highest BCUT2D eigenvalue weighted by atomic mass is 32.2. The molecule has 1 fully saturated rings. The number of nitrogens with zero attached hydrogens (tertiary/aromatic N) is 4. The molecular weight excluding hydrogens is 286 g/mol. The number of rotatable bonds is 3. The molecule has 2 aliphatic rings. The van der Waals surface area contributed by atoms with Gasteiger partial charge in [0.2, 0.25) is 5.91 Å². The summed E-state index contributed by atoms with van der Waals surface area (Å²) in [7, 11) is 0. The largest absolute Gasteiger partial charge is 0.339 e. The molecule has 1 saturated heterocycles. The number of hydrogen-bond acceptors (Lipinski definition) is 5. The lowest BCUT2D eigenvalue weighted by Crippen LogP contribution is -2.48. The minimum Gasteiger partial charge on any atom is -0.339 e. The standard InChI is InChI=1S/C14H23N5OS/c1-11(13(20)18-9-6-15-7-10-18)21-14-17-16-12-5-3-2-4-8-19(12)14/h11,15H,2-10H2,1H3. The minimum atomic E-state index is -0.0975. The van der Waals surface area contributed by atoms with Crippen LogP contribution in [0, 0.1) is 0 Å². The van der Waals surface area contributed by atoms with Gasteiger partial charge in [-0.25, -0.2) is 0 Å². The average molecular weight is 309 g/mol. The molecule has 3 heterocycles. The number of thioether (sulfide) groups is 1. The first kappa shape index (κ1) is 14.8. The molecule has 1 unspecified atom stereocenters. The first-order valence-electron chi connectivity index (χ1n) is 7.84. The van der Waals surface area contributed by atoms with Gasteiger partial charge in [0.25, 0.3) is 0 Å². The number of aromatic nitrogens is 3. The van der Waals surface area contributed by atoms with E-state index in [0.29, 0.717) is 0 Å². The van der Waals surface area contributed by atoms with Gasteiger partial charge >= 0.3 is 0 Å². The van der Waals surface area contributed by atoms with E-state index >= 15 is 0 Å². The van der Waals surface area contributed by atoms with Gasteiger partial charge in [0, 0.05) is 39.1 Å². The summed E-state index contributed by atoms with van der Waals surface area (Å²) in [5.41, 5.74) is 0. The first-order valence-corrected chi connectivity index (χ1v) is 8.72. The summed E-state index contributed by atoms with van der Waals surface area (Å²) >= 11 is 1.55. The summed E-state index contributed by atoms with van der Waals surface area (Å²) in [5.74, 6) is 1.30. The van der Waals surface area contributed by atoms with Gasteiger partial charge in [-0.2, -0.15) is 0 Å². The van der Waals surface area contributed by atoms with Gasteiger partial charge < -0.3 is 14.8 Å². The number of fused-ring (bicyclic) bond motifs is 1. The van der Waals surface area contributed by atoms with Crippen molar-refractivity contribution in [3.8, 4) is 0 Å². The quantitative estimate of drug-likeness (QED) is 0.841. The number of piperazine rings is 1. The second-order valence-corrected chi connectivity index (χ2v) is 7.00. The monoisotopic (exact) mass is 309 g/mol. The maximum atomic E-state index is 12.5. The second kappa shape index (κ2) is 6.79. The van der Waals surface area contributed by atoms with E-state index in [2.05, 4.69) is 20.1 Å². The topological polar surface area (TPSA) is 63.1 Å². The molecule has 2 aliphatic heterocycles. The van der Waals surface area contributed by atoms with Crippen molar-refractivity contribution in [1.29, 1.82) is 0 Å². The molecule has 1 amide bonds. The van der Waals surface area contributed by atoms with Crippen LogP contribution in [0.3, 0.4) is 0 Å². The Morgan fingerprint density at radius 1 is 1.19 bits per heavy atom. The van der Waals surface area contributed by atoms with E-state index in [-0.39, 0.29) is 11.2 Å². The predicted octanol–water partition coefficient (Wildman–Crippen LogP) is 0.917. The van der Waals surface area contributed by atoms with Gasteiger partial charge in [-0.05, 0) is 19.8 Å². The van der Waals surface area contributed by atoms with Crippen molar-refractivity contribution < 1.29 is 4.79 Å². The molecule has 116 valence electrons. The zero-order valence-corrected chi connectivity index (χ0v) is 13.4. The summed E-state index contributed by atoms with van der Waals surface area (Å²) < 4.78 is 2.21. The van der Waals surface area contributed by atoms with Crippen molar-refractivity contribution in [2.45, 2.75) is 49.6 Å². The summed E-state index contributed by atoms with van der Waals surface area (Å²) in [5, 5.41) is 12.7. The van der Waals surface area contributed by atoms with E-state index < -0.39 is 0 Å². The lowest BCUT2D eigenvalue weighted by atomic mass is 10.2. The lowest BCUT2D eigenvalue weighted by Gasteiger charge is -2.29. The molecule has 0 aromatic carbocycles. The van der Waals surface area contributed by atoms with Gasteiger partial charge in [-0.1, -0.05) is 18.2 Å². The Morgan fingerprint density at radius 3 is 2.81 bits per heavy atom. The zero-order chi connectivity index (χ0) is 14.7. The van der Waals surface area contributed by atoms with E-state index in [1.54, 1.807) is 11.8 Å². The summed E-state index contributed by atoms with van der Waals surface area (Å²) in [4.78, 5) is 14.4. The van der Waals surface area contributed by atoms with Crippen LogP contribution in [0.1, 0.15) is 32.0 Å². The van der Waals surface area contributed by atoms with E-state index in [0.717, 1.165) is 50.1 Å².